The van der Waals surface area contributed by atoms with Crippen LogP contribution in [0.15, 0.2) is 0 Å². The van der Waals surface area contributed by atoms with E-state index in [1.54, 1.807) is 6.92 Å². The Morgan fingerprint density at radius 1 is 1.33 bits per heavy atom. The first-order chi connectivity index (χ1) is 10.1. The van der Waals surface area contributed by atoms with Gasteiger partial charge >= 0.3 is 12.0 Å². The molecule has 0 saturated carbocycles. The van der Waals surface area contributed by atoms with Gasteiger partial charge in [0.2, 0.25) is 5.91 Å². The number of thioether (sulfide) groups is 1. The molecule has 2 rings (SSSR count). The van der Waals surface area contributed by atoms with Gasteiger partial charge in [-0.25, -0.2) is 9.59 Å². The van der Waals surface area contributed by atoms with Gasteiger partial charge in [-0.05, 0) is 6.92 Å². The highest BCUT2D eigenvalue weighted by Gasteiger charge is 2.41. The van der Waals surface area contributed by atoms with E-state index < -0.39 is 24.1 Å². The van der Waals surface area contributed by atoms with Crippen molar-refractivity contribution >= 4 is 29.7 Å². The summed E-state index contributed by atoms with van der Waals surface area (Å²) in [4.78, 5) is 38.5. The largest absolute Gasteiger partial charge is 0.480 e. The molecule has 118 valence electrons. The van der Waals surface area contributed by atoms with Gasteiger partial charge < -0.3 is 25.0 Å². The molecule has 21 heavy (non-hydrogen) atoms. The Hall–Kier alpha value is -1.48. The zero-order valence-electron chi connectivity index (χ0n) is 11.8. The van der Waals surface area contributed by atoms with E-state index >= 15 is 0 Å². The van der Waals surface area contributed by atoms with Crippen molar-refractivity contribution in [3.8, 4) is 0 Å². The van der Waals surface area contributed by atoms with E-state index in [1.807, 2.05) is 0 Å². The van der Waals surface area contributed by atoms with Crippen molar-refractivity contribution in [1.29, 1.82) is 0 Å². The van der Waals surface area contributed by atoms with Gasteiger partial charge in [0.05, 0.1) is 19.1 Å². The Morgan fingerprint density at radius 2 is 2.10 bits per heavy atom. The molecule has 0 aromatic heterocycles. The number of amides is 3. The Bertz CT molecular complexity index is 433. The zero-order chi connectivity index (χ0) is 15.4. The van der Waals surface area contributed by atoms with E-state index in [0.717, 1.165) is 0 Å². The second-order valence-corrected chi connectivity index (χ2v) is 5.78. The van der Waals surface area contributed by atoms with Crippen LogP contribution in [0.2, 0.25) is 0 Å². The van der Waals surface area contributed by atoms with Crippen LogP contribution < -0.4 is 5.32 Å². The quantitative estimate of drug-likeness (QED) is 0.721. The third-order valence-electron chi connectivity index (χ3n) is 3.44. The third-order valence-corrected chi connectivity index (χ3v) is 4.45. The number of urea groups is 1. The van der Waals surface area contributed by atoms with E-state index in [4.69, 9.17) is 9.84 Å². The number of nitrogens with one attached hydrogen (secondary N) is 1. The molecule has 2 heterocycles. The van der Waals surface area contributed by atoms with Crippen LogP contribution >= 0.6 is 11.8 Å². The van der Waals surface area contributed by atoms with Crippen molar-refractivity contribution in [2.45, 2.75) is 19.0 Å². The summed E-state index contributed by atoms with van der Waals surface area (Å²) in [5, 5.41) is 11.8. The summed E-state index contributed by atoms with van der Waals surface area (Å²) in [5.74, 6) is -0.590. The topological polar surface area (TPSA) is 99.2 Å². The lowest BCUT2D eigenvalue weighted by molar-refractivity contribution is -0.141. The number of carboxylic acids is 1. The molecule has 3 amide bonds. The number of rotatable bonds is 3. The molecular formula is C12H19N3O5S. The van der Waals surface area contributed by atoms with Crippen LogP contribution in [0.4, 0.5) is 4.79 Å². The van der Waals surface area contributed by atoms with Gasteiger partial charge in [-0.1, -0.05) is 0 Å². The Balaban J connectivity index is 2.11. The summed E-state index contributed by atoms with van der Waals surface area (Å²) >= 11 is 1.40. The summed E-state index contributed by atoms with van der Waals surface area (Å²) in [6.45, 7) is 3.03. The Labute approximate surface area is 126 Å². The van der Waals surface area contributed by atoms with Crippen LogP contribution in [0.5, 0.6) is 0 Å². The van der Waals surface area contributed by atoms with Crippen LogP contribution in [0, 0.1) is 0 Å². The highest BCUT2D eigenvalue weighted by molar-refractivity contribution is 7.99. The molecule has 2 fully saturated rings. The molecule has 8 nitrogen and oxygen atoms in total. The fourth-order valence-corrected chi connectivity index (χ4v) is 3.48. The summed E-state index contributed by atoms with van der Waals surface area (Å²) in [6.07, 6.45) is 0. The number of aliphatic carboxylic acids is 1. The van der Waals surface area contributed by atoms with Gasteiger partial charge in [0.15, 0.2) is 0 Å². The fourth-order valence-electron chi connectivity index (χ4n) is 2.34. The maximum Gasteiger partial charge on any atom is 0.327 e. The zero-order valence-corrected chi connectivity index (χ0v) is 12.6. The number of carbonyl (C=O) groups is 3. The predicted octanol–water partition coefficient (Wildman–Crippen LogP) is -0.597. The van der Waals surface area contributed by atoms with Crippen molar-refractivity contribution in [2.24, 2.45) is 0 Å². The molecule has 0 aromatic carbocycles. The average Bonchev–Trinajstić information content (AvgIpc) is 2.96. The summed E-state index contributed by atoms with van der Waals surface area (Å²) in [6, 6.07) is -1.95. The molecule has 2 aliphatic rings. The SMILES string of the molecule is CCNC(=O)C1COCCN1C(=O)N1CSCC1C(=O)O. The third kappa shape index (κ3) is 3.41. The monoisotopic (exact) mass is 317 g/mol. The molecule has 2 aliphatic heterocycles. The molecule has 9 heteroatoms. The van der Waals surface area contributed by atoms with Gasteiger partial charge in [-0.2, -0.15) is 0 Å². The fraction of sp³-hybridized carbons (Fsp3) is 0.750. The molecule has 2 atom stereocenters. The first kappa shape index (κ1) is 15.9. The van der Waals surface area contributed by atoms with Crippen LogP contribution in [0.1, 0.15) is 6.92 Å². The lowest BCUT2D eigenvalue weighted by atomic mass is 10.2. The van der Waals surface area contributed by atoms with Crippen molar-refractivity contribution in [3.05, 3.63) is 0 Å². The summed E-state index contributed by atoms with van der Waals surface area (Å²) < 4.78 is 5.27. The molecule has 0 aromatic rings. The van der Waals surface area contributed by atoms with Gasteiger partial charge in [0.25, 0.3) is 0 Å². The van der Waals surface area contributed by atoms with Crippen LogP contribution in [0.3, 0.4) is 0 Å². The minimum atomic E-state index is -1.02. The summed E-state index contributed by atoms with van der Waals surface area (Å²) in [5.41, 5.74) is 0. The number of morpholine rings is 1. The van der Waals surface area contributed by atoms with E-state index in [0.29, 0.717) is 24.8 Å². The first-order valence-corrected chi connectivity index (χ1v) is 7.95. The highest BCUT2D eigenvalue weighted by Crippen LogP contribution is 2.24. The maximum atomic E-state index is 12.6. The van der Waals surface area contributed by atoms with Gasteiger partial charge in [-0.3, -0.25) is 4.79 Å². The highest BCUT2D eigenvalue weighted by atomic mass is 32.2. The smallest absolute Gasteiger partial charge is 0.327 e. The molecule has 0 radical (unpaired) electrons. The average molecular weight is 317 g/mol. The standard InChI is InChI=1S/C12H19N3O5S/c1-2-13-10(16)8-5-20-4-3-14(8)12(19)15-7-21-6-9(15)11(17)18/h8-9H,2-7H2,1H3,(H,13,16)(H,17,18). The normalized spacial score (nSPS) is 25.8. The second-order valence-electron chi connectivity index (χ2n) is 4.78. The van der Waals surface area contributed by atoms with Crippen LogP contribution in [-0.4, -0.2) is 82.8 Å². The van der Waals surface area contributed by atoms with Crippen molar-refractivity contribution < 1.29 is 24.2 Å². The predicted molar refractivity (Wildman–Crippen MR) is 76.0 cm³/mol. The second kappa shape index (κ2) is 6.99. The molecule has 0 bridgehead atoms. The number of hydrogen-bond acceptors (Lipinski definition) is 5. The van der Waals surface area contributed by atoms with Crippen molar-refractivity contribution in [2.75, 3.05) is 37.9 Å². The van der Waals surface area contributed by atoms with E-state index in [9.17, 15) is 14.4 Å². The van der Waals surface area contributed by atoms with Crippen molar-refractivity contribution in [3.63, 3.8) is 0 Å². The molecule has 2 saturated heterocycles. The first-order valence-electron chi connectivity index (χ1n) is 6.79. The number of carboxylic acid groups (broad SMARTS) is 1. The van der Waals surface area contributed by atoms with Crippen LogP contribution in [0.25, 0.3) is 0 Å². The van der Waals surface area contributed by atoms with E-state index in [2.05, 4.69) is 5.32 Å². The molecule has 2 N–H and O–H groups in total. The number of ether oxygens (including phenoxy) is 1. The molecule has 2 unspecified atom stereocenters. The molecule has 0 spiro atoms. The molecular weight excluding hydrogens is 298 g/mol. The van der Waals surface area contributed by atoms with Gasteiger partial charge in [0.1, 0.15) is 12.1 Å². The minimum Gasteiger partial charge on any atom is -0.480 e. The number of hydrogen-bond donors (Lipinski definition) is 2. The number of nitrogens with zero attached hydrogens (tertiary/aromatic N) is 2. The Morgan fingerprint density at radius 3 is 2.76 bits per heavy atom. The van der Waals surface area contributed by atoms with E-state index in [-0.39, 0.29) is 19.1 Å². The Kier molecular flexibility index (Phi) is 5.29. The van der Waals surface area contributed by atoms with Gasteiger partial charge in [0, 0.05) is 18.8 Å². The van der Waals surface area contributed by atoms with Crippen molar-refractivity contribution in [1.82, 2.24) is 15.1 Å². The number of carbonyl (C=O) groups excluding carboxylic acids is 2. The maximum absolute atomic E-state index is 12.6. The minimum absolute atomic E-state index is 0.135. The molecule has 0 aliphatic carbocycles. The van der Waals surface area contributed by atoms with Gasteiger partial charge in [-0.15, -0.1) is 11.8 Å². The van der Waals surface area contributed by atoms with Crippen LogP contribution in [-0.2, 0) is 14.3 Å². The number of likely N-dealkylation sites (N-methyl/N-ethyl adjacent to an activating group) is 1. The van der Waals surface area contributed by atoms with E-state index in [1.165, 1.54) is 21.6 Å². The lowest BCUT2D eigenvalue weighted by Gasteiger charge is -2.37. The lowest BCUT2D eigenvalue weighted by Crippen LogP contribution is -2.60. The summed E-state index contributed by atoms with van der Waals surface area (Å²) in [7, 11) is 0.